The summed E-state index contributed by atoms with van der Waals surface area (Å²) >= 11 is 0. The lowest BCUT2D eigenvalue weighted by Crippen LogP contribution is -2.58. The molecule has 0 saturated carbocycles. The largest absolute Gasteiger partial charge is 0.496 e. The van der Waals surface area contributed by atoms with Gasteiger partial charge >= 0.3 is 5.69 Å². The van der Waals surface area contributed by atoms with E-state index in [2.05, 4.69) is 4.98 Å². The lowest BCUT2D eigenvalue weighted by atomic mass is 9.61. The number of rotatable bonds is 8. The molecule has 208 valence electrons. The van der Waals surface area contributed by atoms with E-state index in [0.717, 1.165) is 5.56 Å². The van der Waals surface area contributed by atoms with Crippen molar-refractivity contribution in [2.75, 3.05) is 26.6 Å². The summed E-state index contributed by atoms with van der Waals surface area (Å²) in [6.07, 6.45) is -0.604. The molecule has 9 heteroatoms. The van der Waals surface area contributed by atoms with Crippen LogP contribution in [0.5, 0.6) is 11.5 Å². The van der Waals surface area contributed by atoms with Gasteiger partial charge in [0, 0.05) is 29.3 Å². The zero-order valence-corrected chi connectivity index (χ0v) is 22.7. The molecule has 40 heavy (non-hydrogen) atoms. The van der Waals surface area contributed by atoms with Crippen molar-refractivity contribution in [2.24, 2.45) is 0 Å². The number of aryl methyl sites for hydroxylation is 1. The topological polar surface area (TPSA) is 129 Å². The number of para-hydroxylation sites is 2. The van der Waals surface area contributed by atoms with Crippen LogP contribution in [0.1, 0.15) is 28.7 Å². The predicted molar refractivity (Wildman–Crippen MR) is 151 cm³/mol. The fourth-order valence-electron chi connectivity index (χ4n) is 6.05. The van der Waals surface area contributed by atoms with Gasteiger partial charge in [-0.3, -0.25) is 4.57 Å². The standard InChI is InChI=1S/C31H33N3O6/c1-20-18-34(29(37)33-28(20)32)30(17-24(36)27(19-35)40-30)31(21-11-5-4-6-12-21,22-13-7-9-15-25(22)38-2)23-14-8-10-16-26(23)39-3/h4-16,18,24,27,35-36H,17,19H2,1-3H3,(H2,32,33,37)/t24-,27+,30-/m0/s1. The summed E-state index contributed by atoms with van der Waals surface area (Å²) in [6, 6.07) is 24.5. The van der Waals surface area contributed by atoms with Crippen LogP contribution in [0.3, 0.4) is 0 Å². The Morgan fingerprint density at radius 2 is 1.55 bits per heavy atom. The number of hydrogen-bond acceptors (Lipinski definition) is 8. The van der Waals surface area contributed by atoms with Crippen LogP contribution in [0.15, 0.2) is 89.9 Å². The molecule has 3 aromatic carbocycles. The first-order chi connectivity index (χ1) is 19.3. The second-order valence-corrected chi connectivity index (χ2v) is 9.87. The number of hydrogen-bond donors (Lipinski definition) is 3. The molecule has 0 spiro atoms. The van der Waals surface area contributed by atoms with E-state index in [1.807, 2.05) is 78.9 Å². The van der Waals surface area contributed by atoms with Gasteiger partial charge in [-0.1, -0.05) is 66.7 Å². The van der Waals surface area contributed by atoms with Gasteiger partial charge in [0.05, 0.1) is 26.9 Å². The van der Waals surface area contributed by atoms with Crippen molar-refractivity contribution in [3.63, 3.8) is 0 Å². The van der Waals surface area contributed by atoms with Crippen molar-refractivity contribution >= 4 is 5.82 Å². The number of nitrogens with zero attached hydrogens (tertiary/aromatic N) is 2. The highest BCUT2D eigenvalue weighted by Crippen LogP contribution is 2.60. The summed E-state index contributed by atoms with van der Waals surface area (Å²) in [4.78, 5) is 17.9. The molecule has 1 aromatic heterocycles. The van der Waals surface area contributed by atoms with Crippen molar-refractivity contribution in [1.29, 1.82) is 0 Å². The molecular formula is C31H33N3O6. The molecule has 4 aromatic rings. The Morgan fingerprint density at radius 3 is 2.08 bits per heavy atom. The molecule has 0 bridgehead atoms. The van der Waals surface area contributed by atoms with Crippen LogP contribution in [0.2, 0.25) is 0 Å². The maximum Gasteiger partial charge on any atom is 0.351 e. The average molecular weight is 544 g/mol. The molecule has 0 aliphatic carbocycles. The van der Waals surface area contributed by atoms with E-state index in [-0.39, 0.29) is 12.2 Å². The van der Waals surface area contributed by atoms with Crippen LogP contribution in [-0.4, -0.2) is 52.8 Å². The molecule has 2 heterocycles. The zero-order chi connectivity index (χ0) is 28.5. The predicted octanol–water partition coefficient (Wildman–Crippen LogP) is 2.98. The Labute approximate surface area is 232 Å². The van der Waals surface area contributed by atoms with Crippen LogP contribution in [0.25, 0.3) is 0 Å². The van der Waals surface area contributed by atoms with Gasteiger partial charge in [0.25, 0.3) is 0 Å². The van der Waals surface area contributed by atoms with E-state index < -0.39 is 35.6 Å². The lowest BCUT2D eigenvalue weighted by Gasteiger charge is -2.50. The van der Waals surface area contributed by atoms with Gasteiger partial charge in [-0.05, 0) is 24.6 Å². The Bertz CT molecular complexity index is 1510. The van der Waals surface area contributed by atoms with E-state index in [4.69, 9.17) is 19.9 Å². The zero-order valence-electron chi connectivity index (χ0n) is 22.7. The maximum absolute atomic E-state index is 13.8. The summed E-state index contributed by atoms with van der Waals surface area (Å²) < 4.78 is 20.0. The number of aliphatic hydroxyl groups excluding tert-OH is 2. The second-order valence-electron chi connectivity index (χ2n) is 9.87. The number of aromatic nitrogens is 2. The highest BCUT2D eigenvalue weighted by molar-refractivity contribution is 5.61. The SMILES string of the molecule is COc1ccccc1C(c1ccccc1)(c1ccccc1OC)[C@]1(n2cc(C)c(N)nc2=O)C[C@H](O)[C@@H](CO)O1. The third-order valence-electron chi connectivity index (χ3n) is 7.79. The van der Waals surface area contributed by atoms with Crippen molar-refractivity contribution in [3.05, 3.63) is 118 Å². The van der Waals surface area contributed by atoms with Gasteiger partial charge in [0.15, 0.2) is 5.72 Å². The van der Waals surface area contributed by atoms with Crippen LogP contribution in [0.4, 0.5) is 5.82 Å². The highest BCUT2D eigenvalue weighted by Gasteiger charge is 2.65. The number of benzene rings is 3. The van der Waals surface area contributed by atoms with E-state index in [9.17, 15) is 15.0 Å². The van der Waals surface area contributed by atoms with Crippen LogP contribution < -0.4 is 20.9 Å². The van der Waals surface area contributed by atoms with Crippen molar-refractivity contribution < 1.29 is 24.4 Å². The number of aliphatic hydroxyl groups is 2. The lowest BCUT2D eigenvalue weighted by molar-refractivity contribution is -0.147. The molecule has 9 nitrogen and oxygen atoms in total. The average Bonchev–Trinajstić information content (AvgIpc) is 3.33. The van der Waals surface area contributed by atoms with Gasteiger partial charge in [-0.2, -0.15) is 4.98 Å². The first-order valence-electron chi connectivity index (χ1n) is 13.0. The molecular weight excluding hydrogens is 510 g/mol. The van der Waals surface area contributed by atoms with Gasteiger partial charge < -0.3 is 30.2 Å². The van der Waals surface area contributed by atoms with Crippen LogP contribution in [0, 0.1) is 6.92 Å². The minimum Gasteiger partial charge on any atom is -0.496 e. The van der Waals surface area contributed by atoms with Crippen molar-refractivity contribution in [1.82, 2.24) is 9.55 Å². The van der Waals surface area contributed by atoms with E-state index in [1.54, 1.807) is 27.3 Å². The summed E-state index contributed by atoms with van der Waals surface area (Å²) in [6.45, 7) is 1.28. The Hall–Kier alpha value is -4.18. The Balaban J connectivity index is 2.08. The minimum atomic E-state index is -1.67. The Kier molecular flexibility index (Phi) is 7.37. The monoisotopic (exact) mass is 543 g/mol. The smallest absolute Gasteiger partial charge is 0.351 e. The molecule has 1 aliphatic rings. The first-order valence-corrected chi connectivity index (χ1v) is 13.0. The normalized spacial score (nSPS) is 20.8. The van der Waals surface area contributed by atoms with E-state index >= 15 is 0 Å². The van der Waals surface area contributed by atoms with Crippen LogP contribution >= 0.6 is 0 Å². The van der Waals surface area contributed by atoms with Crippen molar-refractivity contribution in [2.45, 2.75) is 36.7 Å². The van der Waals surface area contributed by atoms with Crippen LogP contribution in [-0.2, 0) is 15.9 Å². The molecule has 1 aliphatic heterocycles. The molecule has 0 radical (unpaired) electrons. The number of nitrogens with two attached hydrogens (primary N) is 1. The third kappa shape index (κ3) is 4.05. The molecule has 0 unspecified atom stereocenters. The summed E-state index contributed by atoms with van der Waals surface area (Å²) in [7, 11) is 3.15. The fourth-order valence-corrected chi connectivity index (χ4v) is 6.05. The second kappa shape index (κ2) is 10.8. The number of ether oxygens (including phenoxy) is 3. The van der Waals surface area contributed by atoms with Gasteiger partial charge in [-0.15, -0.1) is 0 Å². The molecule has 5 rings (SSSR count). The molecule has 3 atom stereocenters. The molecule has 1 fully saturated rings. The maximum atomic E-state index is 13.8. The summed E-state index contributed by atoms with van der Waals surface area (Å²) in [5.74, 6) is 1.14. The number of anilines is 1. The van der Waals surface area contributed by atoms with Gasteiger partial charge in [-0.25, -0.2) is 4.79 Å². The molecule has 0 amide bonds. The number of nitrogen functional groups attached to an aromatic ring is 1. The Morgan fingerprint density at radius 1 is 1.00 bits per heavy atom. The van der Waals surface area contributed by atoms with Crippen molar-refractivity contribution in [3.8, 4) is 11.5 Å². The van der Waals surface area contributed by atoms with E-state index in [1.165, 1.54) is 4.57 Å². The quantitative estimate of drug-likeness (QED) is 0.289. The molecule has 4 N–H and O–H groups in total. The first kappa shape index (κ1) is 27.4. The van der Waals surface area contributed by atoms with Gasteiger partial charge in [0.2, 0.25) is 0 Å². The van der Waals surface area contributed by atoms with Gasteiger partial charge in [0.1, 0.15) is 28.8 Å². The number of methoxy groups -OCH3 is 2. The van der Waals surface area contributed by atoms with E-state index in [0.29, 0.717) is 28.2 Å². The summed E-state index contributed by atoms with van der Waals surface area (Å²) in [5.41, 5.74) is 4.91. The fraction of sp³-hybridized carbons (Fsp3) is 0.290. The molecule has 1 saturated heterocycles. The summed E-state index contributed by atoms with van der Waals surface area (Å²) in [5, 5.41) is 21.7. The minimum absolute atomic E-state index is 0.0752. The highest BCUT2D eigenvalue weighted by atomic mass is 16.6. The third-order valence-corrected chi connectivity index (χ3v) is 7.79.